The van der Waals surface area contributed by atoms with Gasteiger partial charge in [0.2, 0.25) is 5.91 Å². The zero-order valence-electron chi connectivity index (χ0n) is 11.8. The van der Waals surface area contributed by atoms with Crippen LogP contribution >= 0.6 is 24.8 Å². The van der Waals surface area contributed by atoms with Crippen LogP contribution in [0.4, 0.5) is 15.8 Å². The lowest BCUT2D eigenvalue weighted by Gasteiger charge is -2.17. The molecule has 4 nitrogen and oxygen atoms in total. The third kappa shape index (κ3) is 6.41. The van der Waals surface area contributed by atoms with E-state index < -0.39 is 11.9 Å². The predicted octanol–water partition coefficient (Wildman–Crippen LogP) is 3.17. The molecule has 0 radical (unpaired) electrons. The largest absolute Gasteiger partial charge is 0.381 e. The number of benzene rings is 1. The van der Waals surface area contributed by atoms with E-state index in [1.807, 2.05) is 20.8 Å². The number of carbonyl (C=O) groups is 1. The third-order valence-corrected chi connectivity index (χ3v) is 2.46. The molecule has 0 saturated carbocycles. The molecule has 0 fully saturated rings. The van der Waals surface area contributed by atoms with Crippen molar-refractivity contribution < 1.29 is 9.18 Å². The van der Waals surface area contributed by atoms with Gasteiger partial charge in [-0.1, -0.05) is 6.92 Å². The zero-order chi connectivity index (χ0) is 13.7. The second-order valence-corrected chi connectivity index (χ2v) is 4.49. The van der Waals surface area contributed by atoms with E-state index in [9.17, 15) is 9.18 Å². The molecule has 0 bridgehead atoms. The SMILES string of the molecule is CC[C@H](N)C(=O)Nc1cc(F)ccc1NC(C)C.Cl.Cl. The van der Waals surface area contributed by atoms with Crippen molar-refractivity contribution in [1.82, 2.24) is 0 Å². The van der Waals surface area contributed by atoms with E-state index in [-0.39, 0.29) is 36.8 Å². The number of rotatable bonds is 5. The van der Waals surface area contributed by atoms with Gasteiger partial charge in [0.25, 0.3) is 0 Å². The maximum atomic E-state index is 13.2. The summed E-state index contributed by atoms with van der Waals surface area (Å²) in [5.74, 6) is -0.709. The second kappa shape index (κ2) is 9.80. The van der Waals surface area contributed by atoms with Gasteiger partial charge in [0, 0.05) is 6.04 Å². The van der Waals surface area contributed by atoms with Crippen molar-refractivity contribution in [3.63, 3.8) is 0 Å². The van der Waals surface area contributed by atoms with Gasteiger partial charge in [-0.2, -0.15) is 0 Å². The maximum absolute atomic E-state index is 13.2. The Morgan fingerprint density at radius 2 is 1.90 bits per heavy atom. The zero-order valence-corrected chi connectivity index (χ0v) is 13.4. The highest BCUT2D eigenvalue weighted by Crippen LogP contribution is 2.23. The molecule has 116 valence electrons. The highest BCUT2D eigenvalue weighted by Gasteiger charge is 2.14. The molecular weight excluding hydrogens is 304 g/mol. The van der Waals surface area contributed by atoms with Crippen LogP contribution in [-0.4, -0.2) is 18.0 Å². The molecular formula is C13H22Cl2FN3O. The number of amides is 1. The third-order valence-electron chi connectivity index (χ3n) is 2.46. The van der Waals surface area contributed by atoms with Gasteiger partial charge in [0.15, 0.2) is 0 Å². The van der Waals surface area contributed by atoms with Gasteiger partial charge in [-0.05, 0) is 38.5 Å². The molecule has 7 heteroatoms. The fourth-order valence-corrected chi connectivity index (χ4v) is 1.47. The van der Waals surface area contributed by atoms with Crippen LogP contribution in [0.3, 0.4) is 0 Å². The summed E-state index contributed by atoms with van der Waals surface area (Å²) in [4.78, 5) is 11.7. The molecule has 1 rings (SSSR count). The van der Waals surface area contributed by atoms with Crippen LogP contribution in [0.15, 0.2) is 18.2 Å². The van der Waals surface area contributed by atoms with Gasteiger partial charge in [0.1, 0.15) is 5.82 Å². The summed E-state index contributed by atoms with van der Waals surface area (Å²) in [6.07, 6.45) is 0.536. The molecule has 0 aromatic heterocycles. The number of anilines is 2. The Bertz CT molecular complexity index is 430. The normalized spacial score (nSPS) is 11.1. The van der Waals surface area contributed by atoms with Gasteiger partial charge in [0.05, 0.1) is 17.4 Å². The molecule has 0 heterocycles. The quantitative estimate of drug-likeness (QED) is 0.778. The molecule has 0 spiro atoms. The van der Waals surface area contributed by atoms with E-state index in [1.54, 1.807) is 6.07 Å². The molecule has 0 aliphatic rings. The smallest absolute Gasteiger partial charge is 0.241 e. The van der Waals surface area contributed by atoms with Crippen LogP contribution in [0.25, 0.3) is 0 Å². The van der Waals surface area contributed by atoms with Crippen LogP contribution in [0, 0.1) is 5.82 Å². The molecule has 0 aliphatic carbocycles. The van der Waals surface area contributed by atoms with Gasteiger partial charge >= 0.3 is 0 Å². The van der Waals surface area contributed by atoms with Crippen LogP contribution < -0.4 is 16.4 Å². The topological polar surface area (TPSA) is 67.2 Å². The summed E-state index contributed by atoms with van der Waals surface area (Å²) in [5, 5.41) is 5.78. The minimum atomic E-state index is -0.583. The van der Waals surface area contributed by atoms with E-state index in [2.05, 4.69) is 10.6 Å². The Labute approximate surface area is 131 Å². The van der Waals surface area contributed by atoms with Crippen molar-refractivity contribution in [2.75, 3.05) is 10.6 Å². The molecule has 4 N–H and O–H groups in total. The minimum Gasteiger partial charge on any atom is -0.381 e. The fraction of sp³-hybridized carbons (Fsp3) is 0.462. The average Bonchev–Trinajstić information content (AvgIpc) is 2.31. The van der Waals surface area contributed by atoms with Crippen molar-refractivity contribution >= 4 is 42.1 Å². The first-order chi connectivity index (χ1) is 8.43. The first kappa shape index (κ1) is 21.3. The summed E-state index contributed by atoms with van der Waals surface area (Å²) in [5.41, 5.74) is 6.73. The number of nitrogens with two attached hydrogens (primary N) is 1. The van der Waals surface area contributed by atoms with Crippen LogP contribution in [0.5, 0.6) is 0 Å². The van der Waals surface area contributed by atoms with E-state index in [0.717, 1.165) is 0 Å². The first-order valence-corrected chi connectivity index (χ1v) is 6.06. The number of nitrogens with one attached hydrogen (secondary N) is 2. The van der Waals surface area contributed by atoms with E-state index >= 15 is 0 Å². The lowest BCUT2D eigenvalue weighted by Crippen LogP contribution is -2.35. The summed E-state index contributed by atoms with van der Waals surface area (Å²) in [6.45, 7) is 5.75. The lowest BCUT2D eigenvalue weighted by molar-refractivity contribution is -0.117. The van der Waals surface area contributed by atoms with Gasteiger partial charge in [-0.3, -0.25) is 4.79 Å². The Morgan fingerprint density at radius 3 is 2.40 bits per heavy atom. The number of hydrogen-bond donors (Lipinski definition) is 3. The summed E-state index contributed by atoms with van der Waals surface area (Å²) in [7, 11) is 0. The van der Waals surface area contributed by atoms with Crippen molar-refractivity contribution in [2.24, 2.45) is 5.73 Å². The van der Waals surface area contributed by atoms with Gasteiger partial charge < -0.3 is 16.4 Å². The lowest BCUT2D eigenvalue weighted by atomic mass is 10.2. The number of hydrogen-bond acceptors (Lipinski definition) is 3. The highest BCUT2D eigenvalue weighted by molar-refractivity contribution is 5.97. The van der Waals surface area contributed by atoms with Crippen molar-refractivity contribution in [3.05, 3.63) is 24.0 Å². The molecule has 1 amide bonds. The van der Waals surface area contributed by atoms with E-state index in [0.29, 0.717) is 17.8 Å². The van der Waals surface area contributed by atoms with Crippen LogP contribution in [0.1, 0.15) is 27.2 Å². The van der Waals surface area contributed by atoms with Crippen molar-refractivity contribution in [2.45, 2.75) is 39.3 Å². The Morgan fingerprint density at radius 1 is 1.30 bits per heavy atom. The number of halogens is 3. The number of carbonyl (C=O) groups excluding carboxylic acids is 1. The minimum absolute atomic E-state index is 0. The maximum Gasteiger partial charge on any atom is 0.241 e. The molecule has 0 saturated heterocycles. The fourth-order valence-electron chi connectivity index (χ4n) is 1.47. The predicted molar refractivity (Wildman–Crippen MR) is 86.6 cm³/mol. The van der Waals surface area contributed by atoms with E-state index in [4.69, 9.17) is 5.73 Å². The Kier molecular flexibility index (Phi) is 10.4. The summed E-state index contributed by atoms with van der Waals surface area (Å²) >= 11 is 0. The Balaban J connectivity index is 0. The monoisotopic (exact) mass is 325 g/mol. The van der Waals surface area contributed by atoms with Crippen molar-refractivity contribution in [3.8, 4) is 0 Å². The summed E-state index contributed by atoms with van der Waals surface area (Å²) < 4.78 is 13.2. The van der Waals surface area contributed by atoms with Gasteiger partial charge in [-0.15, -0.1) is 24.8 Å². The van der Waals surface area contributed by atoms with E-state index in [1.165, 1.54) is 12.1 Å². The molecule has 20 heavy (non-hydrogen) atoms. The second-order valence-electron chi connectivity index (χ2n) is 4.49. The van der Waals surface area contributed by atoms with Gasteiger partial charge in [-0.25, -0.2) is 4.39 Å². The molecule has 1 aromatic carbocycles. The average molecular weight is 326 g/mol. The molecule has 0 aliphatic heterocycles. The Hall–Kier alpha value is -1.04. The highest BCUT2D eigenvalue weighted by atomic mass is 35.5. The first-order valence-electron chi connectivity index (χ1n) is 6.06. The molecule has 1 atom stereocenters. The molecule has 0 unspecified atom stereocenters. The standard InChI is InChI=1S/C13H20FN3O.2ClH/c1-4-10(15)13(18)17-12-7-9(14)5-6-11(12)16-8(2)3;;/h5-8,10,16H,4,15H2,1-3H3,(H,17,18);2*1H/t10-;;/m0../s1. The van der Waals surface area contributed by atoms with Crippen LogP contribution in [0.2, 0.25) is 0 Å². The van der Waals surface area contributed by atoms with Crippen molar-refractivity contribution in [1.29, 1.82) is 0 Å². The van der Waals surface area contributed by atoms with Crippen LogP contribution in [-0.2, 0) is 4.79 Å². The summed E-state index contributed by atoms with van der Waals surface area (Å²) in [6, 6.07) is 3.83. The molecule has 1 aromatic rings.